The number of unbranched alkanes of at least 4 members (excludes halogenated alkanes) is 1. The smallest absolute Gasteiger partial charge is 0.381 e. The zero-order valence-electron chi connectivity index (χ0n) is 26.3. The maximum Gasteiger partial charge on any atom is 0.381 e. The lowest BCUT2D eigenvalue weighted by molar-refractivity contribution is -0.130. The molecule has 7 nitrogen and oxygen atoms in total. The van der Waals surface area contributed by atoms with Gasteiger partial charge in [0.2, 0.25) is 0 Å². The highest BCUT2D eigenvalue weighted by atomic mass is 28.4. The molecular formula is C33H54O7Si. The zero-order chi connectivity index (χ0) is 31.1. The first-order chi connectivity index (χ1) is 19.1. The minimum Gasteiger partial charge on any atom is -0.472 e. The van der Waals surface area contributed by atoms with Crippen molar-refractivity contribution in [3.05, 3.63) is 48.1 Å². The molecule has 5 atom stereocenters. The Morgan fingerprint density at radius 1 is 1.27 bits per heavy atom. The first-order valence-corrected chi connectivity index (χ1v) is 17.6. The predicted molar refractivity (Wildman–Crippen MR) is 168 cm³/mol. The first-order valence-electron chi connectivity index (χ1n) is 14.7. The summed E-state index contributed by atoms with van der Waals surface area (Å²) < 4.78 is 18.1. The van der Waals surface area contributed by atoms with Crippen LogP contribution < -0.4 is 0 Å². The van der Waals surface area contributed by atoms with Crippen LogP contribution in [0.2, 0.25) is 18.1 Å². The van der Waals surface area contributed by atoms with Crippen molar-refractivity contribution in [2.75, 3.05) is 19.8 Å². The van der Waals surface area contributed by atoms with Gasteiger partial charge in [0.25, 0.3) is 0 Å². The molecule has 0 unspecified atom stereocenters. The zero-order valence-corrected chi connectivity index (χ0v) is 27.3. The lowest BCUT2D eigenvalue weighted by Gasteiger charge is -2.39. The SMILES string of the molecule is C=C(C[C@H](C)COCCCC#CC(=O)O)C[C@@H](/C=C/C[C@H](O)[C@@H](O)/C=C/[C@@H]1CC(C)=CCO1)O[Si](C)(C)C(C)(C)C. The summed E-state index contributed by atoms with van der Waals surface area (Å²) in [7, 11) is -2.06. The minimum atomic E-state index is -2.06. The molecule has 1 rings (SSSR count). The van der Waals surface area contributed by atoms with Crippen molar-refractivity contribution in [2.24, 2.45) is 5.92 Å². The molecule has 0 spiro atoms. The van der Waals surface area contributed by atoms with Gasteiger partial charge in [0.05, 0.1) is 31.0 Å². The van der Waals surface area contributed by atoms with E-state index in [2.05, 4.69) is 72.2 Å². The van der Waals surface area contributed by atoms with Crippen molar-refractivity contribution in [3.63, 3.8) is 0 Å². The van der Waals surface area contributed by atoms with Gasteiger partial charge in [0.15, 0.2) is 8.32 Å². The van der Waals surface area contributed by atoms with Crippen molar-refractivity contribution in [3.8, 4) is 11.8 Å². The van der Waals surface area contributed by atoms with Crippen molar-refractivity contribution in [2.45, 2.75) is 116 Å². The molecule has 0 amide bonds. The van der Waals surface area contributed by atoms with Crippen LogP contribution in [0, 0.1) is 17.8 Å². The fourth-order valence-electron chi connectivity index (χ4n) is 4.08. The van der Waals surface area contributed by atoms with Crippen LogP contribution in [-0.4, -0.2) is 73.8 Å². The van der Waals surface area contributed by atoms with Gasteiger partial charge < -0.3 is 29.2 Å². The summed E-state index contributed by atoms with van der Waals surface area (Å²) in [5.41, 5.74) is 2.34. The molecule has 1 aliphatic heterocycles. The van der Waals surface area contributed by atoms with E-state index in [-0.39, 0.29) is 23.2 Å². The second kappa shape index (κ2) is 18.5. The van der Waals surface area contributed by atoms with E-state index in [0.717, 1.165) is 18.4 Å². The van der Waals surface area contributed by atoms with Crippen LogP contribution in [-0.2, 0) is 18.7 Å². The van der Waals surface area contributed by atoms with Crippen LogP contribution in [0.15, 0.2) is 48.1 Å². The number of carboxylic acid groups (broad SMARTS) is 1. The average molecular weight is 591 g/mol. The van der Waals surface area contributed by atoms with Crippen LogP contribution in [0.1, 0.15) is 73.1 Å². The largest absolute Gasteiger partial charge is 0.472 e. The summed E-state index contributed by atoms with van der Waals surface area (Å²) in [6, 6.07) is 0. The van der Waals surface area contributed by atoms with Gasteiger partial charge in [-0.15, -0.1) is 0 Å². The normalized spacial score (nSPS) is 19.3. The first kappa shape index (κ1) is 37.0. The number of rotatable bonds is 17. The molecule has 0 radical (unpaired) electrons. The van der Waals surface area contributed by atoms with Crippen LogP contribution in [0.25, 0.3) is 0 Å². The molecular weight excluding hydrogens is 536 g/mol. The highest BCUT2D eigenvalue weighted by molar-refractivity contribution is 6.74. The van der Waals surface area contributed by atoms with Crippen LogP contribution in [0.4, 0.5) is 0 Å². The summed E-state index contributed by atoms with van der Waals surface area (Å²) in [5.74, 6) is 3.89. The molecule has 0 fully saturated rings. The van der Waals surface area contributed by atoms with Crippen molar-refractivity contribution < 1.29 is 34.0 Å². The van der Waals surface area contributed by atoms with Crippen molar-refractivity contribution in [1.82, 2.24) is 0 Å². The van der Waals surface area contributed by atoms with Gasteiger partial charge in [0.1, 0.15) is 0 Å². The molecule has 1 aliphatic rings. The molecule has 0 aromatic heterocycles. The number of ether oxygens (including phenoxy) is 2. The van der Waals surface area contributed by atoms with Crippen molar-refractivity contribution >= 4 is 14.3 Å². The van der Waals surface area contributed by atoms with E-state index in [1.54, 1.807) is 6.08 Å². The fraction of sp³-hybridized carbons (Fsp3) is 0.667. The summed E-state index contributed by atoms with van der Waals surface area (Å²) >= 11 is 0. The summed E-state index contributed by atoms with van der Waals surface area (Å²) in [5, 5.41) is 29.6. The second-order valence-electron chi connectivity index (χ2n) is 12.7. The topological polar surface area (TPSA) is 105 Å². The van der Waals surface area contributed by atoms with Gasteiger partial charge in [-0.3, -0.25) is 0 Å². The number of aliphatic hydroxyl groups is 2. The van der Waals surface area contributed by atoms with Gasteiger partial charge in [0, 0.05) is 25.6 Å². The quantitative estimate of drug-likeness (QED) is 0.0802. The van der Waals surface area contributed by atoms with Gasteiger partial charge in [-0.2, -0.15) is 0 Å². The second-order valence-corrected chi connectivity index (χ2v) is 17.5. The lowest BCUT2D eigenvalue weighted by atomic mass is 9.98. The third kappa shape index (κ3) is 16.3. The van der Waals surface area contributed by atoms with Gasteiger partial charge in [-0.05, 0) is 63.1 Å². The van der Waals surface area contributed by atoms with E-state index < -0.39 is 26.5 Å². The molecule has 0 saturated carbocycles. The van der Waals surface area contributed by atoms with Crippen LogP contribution in [0.3, 0.4) is 0 Å². The van der Waals surface area contributed by atoms with E-state index in [1.807, 2.05) is 18.2 Å². The Hall–Kier alpha value is -1.99. The molecule has 232 valence electrons. The van der Waals surface area contributed by atoms with Crippen LogP contribution >= 0.6 is 0 Å². The Balaban J connectivity index is 2.66. The molecule has 1 heterocycles. The number of aliphatic carboxylic acids is 1. The van der Waals surface area contributed by atoms with E-state index >= 15 is 0 Å². The molecule has 0 saturated heterocycles. The Labute approximate surface area is 249 Å². The lowest BCUT2D eigenvalue weighted by Crippen LogP contribution is -2.43. The Bertz CT molecular complexity index is 964. The Morgan fingerprint density at radius 3 is 2.61 bits per heavy atom. The number of hydrogen-bond donors (Lipinski definition) is 3. The van der Waals surface area contributed by atoms with E-state index in [1.165, 1.54) is 5.57 Å². The number of hydrogen-bond acceptors (Lipinski definition) is 6. The molecule has 0 aromatic rings. The predicted octanol–water partition coefficient (Wildman–Crippen LogP) is 6.19. The highest BCUT2D eigenvalue weighted by Crippen LogP contribution is 2.38. The minimum absolute atomic E-state index is 0.0473. The maximum absolute atomic E-state index is 10.5. The van der Waals surface area contributed by atoms with E-state index in [0.29, 0.717) is 45.5 Å². The molecule has 8 heteroatoms. The molecule has 0 bridgehead atoms. The number of carbonyl (C=O) groups is 1. The third-order valence-corrected chi connectivity index (χ3v) is 12.0. The maximum atomic E-state index is 10.5. The number of carboxylic acids is 1. The van der Waals surface area contributed by atoms with Crippen molar-refractivity contribution in [1.29, 1.82) is 0 Å². The van der Waals surface area contributed by atoms with Crippen LogP contribution in [0.5, 0.6) is 0 Å². The third-order valence-electron chi connectivity index (χ3n) is 7.48. The van der Waals surface area contributed by atoms with Gasteiger partial charge >= 0.3 is 5.97 Å². The summed E-state index contributed by atoms with van der Waals surface area (Å²) in [4.78, 5) is 10.4. The molecule has 3 N–H and O–H groups in total. The fourth-order valence-corrected chi connectivity index (χ4v) is 5.35. The number of aliphatic hydroxyl groups excluding tert-OH is 2. The molecule has 41 heavy (non-hydrogen) atoms. The van der Waals surface area contributed by atoms with Gasteiger partial charge in [-0.25, -0.2) is 4.79 Å². The Kier molecular flexibility index (Phi) is 16.7. The summed E-state index contributed by atoms with van der Waals surface area (Å²) in [6.45, 7) is 21.3. The average Bonchev–Trinajstić information content (AvgIpc) is 2.85. The molecule has 0 aromatic carbocycles. The molecule has 0 aliphatic carbocycles. The Morgan fingerprint density at radius 2 is 1.98 bits per heavy atom. The monoisotopic (exact) mass is 590 g/mol. The van der Waals surface area contributed by atoms with Gasteiger partial charge in [-0.1, -0.05) is 81.7 Å². The summed E-state index contributed by atoms with van der Waals surface area (Å²) in [6.07, 6.45) is 11.0. The van der Waals surface area contributed by atoms with E-state index in [9.17, 15) is 15.0 Å². The highest BCUT2D eigenvalue weighted by Gasteiger charge is 2.38. The van der Waals surface area contributed by atoms with E-state index in [4.69, 9.17) is 19.0 Å². The standard InChI is InChI=1S/C33H54O7Si/c1-25-18-20-39-28(22-25)16-17-31(35)30(34)14-12-13-29(40-41(7,8)33(4,5)6)23-26(2)21-27(3)24-38-19-11-9-10-15-32(36)37/h12-13,16-18,27-31,34-35H,2,9,11,14,19-24H2,1,3-8H3,(H,36,37)/b13-12+,17-16+/t27-,28+,29+,30-,31-/m0/s1.